The van der Waals surface area contributed by atoms with E-state index >= 15 is 0 Å². The van der Waals surface area contributed by atoms with E-state index in [0.29, 0.717) is 22.8 Å². The number of hydrogen-bond acceptors (Lipinski definition) is 7. The lowest BCUT2D eigenvalue weighted by atomic mass is 10.2. The van der Waals surface area contributed by atoms with Crippen molar-refractivity contribution in [2.45, 2.75) is 13.8 Å². The minimum absolute atomic E-state index is 0.204. The average molecular weight is 456 g/mol. The summed E-state index contributed by atoms with van der Waals surface area (Å²) in [6.45, 7) is 4.02. The number of ether oxygens (including phenoxy) is 2. The van der Waals surface area contributed by atoms with Crippen LogP contribution in [0.2, 0.25) is 0 Å². The molecule has 0 saturated carbocycles. The van der Waals surface area contributed by atoms with Gasteiger partial charge in [0.2, 0.25) is 0 Å². The molecule has 0 bridgehead atoms. The molecule has 0 unspecified atom stereocenters. The van der Waals surface area contributed by atoms with Gasteiger partial charge in [-0.05, 0) is 50.2 Å². The van der Waals surface area contributed by atoms with Crippen LogP contribution in [0.5, 0.6) is 0 Å². The van der Waals surface area contributed by atoms with Gasteiger partial charge in [-0.1, -0.05) is 28.1 Å². The van der Waals surface area contributed by atoms with Crippen LogP contribution in [0, 0.1) is 0 Å². The first-order valence-corrected chi connectivity index (χ1v) is 9.77. The van der Waals surface area contributed by atoms with Crippen molar-refractivity contribution >= 4 is 27.9 Å². The van der Waals surface area contributed by atoms with Gasteiger partial charge in [0.15, 0.2) is 0 Å². The Morgan fingerprint density at radius 3 is 1.62 bits per heavy atom. The van der Waals surface area contributed by atoms with E-state index in [1.54, 1.807) is 62.4 Å². The first-order chi connectivity index (χ1) is 14.0. The number of nitrogens with zero attached hydrogens (tertiary/aromatic N) is 3. The zero-order valence-corrected chi connectivity index (χ0v) is 17.5. The third-order valence-corrected chi connectivity index (χ3v) is 4.24. The summed E-state index contributed by atoms with van der Waals surface area (Å²) in [6, 6.07) is 13.7. The SMILES string of the molecule is CCOC(=O)c1cccc(-c2cc(Br)cc(-c3cccc(C(=O)OCC)n3)n2)n1. The number of carbonyl (C=O) groups is 2. The van der Waals surface area contributed by atoms with Crippen molar-refractivity contribution in [2.24, 2.45) is 0 Å². The Bertz CT molecular complexity index is 976. The van der Waals surface area contributed by atoms with E-state index in [1.165, 1.54) is 0 Å². The van der Waals surface area contributed by atoms with Crippen molar-refractivity contribution < 1.29 is 19.1 Å². The fraction of sp³-hybridized carbons (Fsp3) is 0.190. The molecule has 29 heavy (non-hydrogen) atoms. The number of halogens is 1. The maximum atomic E-state index is 12.0. The molecule has 0 aromatic carbocycles. The quantitative estimate of drug-likeness (QED) is 0.510. The summed E-state index contributed by atoms with van der Waals surface area (Å²) in [4.78, 5) is 37.3. The highest BCUT2D eigenvalue weighted by Gasteiger charge is 2.14. The normalized spacial score (nSPS) is 10.4. The molecule has 0 radical (unpaired) electrons. The molecule has 3 aromatic rings. The summed E-state index contributed by atoms with van der Waals surface area (Å²) in [5, 5.41) is 0. The molecule has 0 saturated heterocycles. The van der Waals surface area contributed by atoms with Gasteiger partial charge >= 0.3 is 11.9 Å². The summed E-state index contributed by atoms with van der Waals surface area (Å²) in [7, 11) is 0. The van der Waals surface area contributed by atoms with E-state index in [9.17, 15) is 9.59 Å². The lowest BCUT2D eigenvalue weighted by Gasteiger charge is -2.08. The Morgan fingerprint density at radius 2 is 1.21 bits per heavy atom. The second-order valence-electron chi connectivity index (χ2n) is 5.81. The number of esters is 2. The fourth-order valence-electron chi connectivity index (χ4n) is 2.55. The van der Waals surface area contributed by atoms with Crippen LogP contribution in [0.15, 0.2) is 53.0 Å². The van der Waals surface area contributed by atoms with Crippen molar-refractivity contribution in [3.8, 4) is 22.8 Å². The number of carbonyl (C=O) groups excluding carboxylic acids is 2. The minimum Gasteiger partial charge on any atom is -0.461 e. The van der Waals surface area contributed by atoms with Crippen LogP contribution in [0.1, 0.15) is 34.8 Å². The zero-order valence-electron chi connectivity index (χ0n) is 15.9. The van der Waals surface area contributed by atoms with Crippen LogP contribution in [-0.4, -0.2) is 40.1 Å². The highest BCUT2D eigenvalue weighted by molar-refractivity contribution is 9.10. The van der Waals surface area contributed by atoms with E-state index in [1.807, 2.05) is 0 Å². The van der Waals surface area contributed by atoms with Crippen molar-refractivity contribution in [1.29, 1.82) is 0 Å². The third kappa shape index (κ3) is 5.03. The maximum absolute atomic E-state index is 12.0. The predicted octanol–water partition coefficient (Wildman–Crippen LogP) is 4.32. The monoisotopic (exact) mass is 455 g/mol. The van der Waals surface area contributed by atoms with Crippen LogP contribution in [0.25, 0.3) is 22.8 Å². The van der Waals surface area contributed by atoms with Crippen LogP contribution in [-0.2, 0) is 9.47 Å². The van der Waals surface area contributed by atoms with E-state index in [2.05, 4.69) is 30.9 Å². The molecule has 0 spiro atoms. The highest BCUT2D eigenvalue weighted by Crippen LogP contribution is 2.26. The molecular formula is C21H18BrN3O4. The van der Waals surface area contributed by atoms with E-state index < -0.39 is 11.9 Å². The van der Waals surface area contributed by atoms with Crippen LogP contribution in [0.3, 0.4) is 0 Å². The molecule has 0 aliphatic carbocycles. The van der Waals surface area contributed by atoms with Crippen molar-refractivity contribution in [2.75, 3.05) is 13.2 Å². The standard InChI is InChI=1S/C21H18BrN3O4/c1-3-28-20(26)16-9-5-7-14(23-16)18-11-13(22)12-19(25-18)15-8-6-10-17(24-15)21(27)29-4-2/h5-12H,3-4H2,1-2H3. The van der Waals surface area contributed by atoms with Crippen LogP contribution in [0.4, 0.5) is 0 Å². The van der Waals surface area contributed by atoms with Gasteiger partial charge in [0.05, 0.1) is 36.0 Å². The predicted molar refractivity (Wildman–Crippen MR) is 110 cm³/mol. The van der Waals surface area contributed by atoms with Gasteiger partial charge in [-0.3, -0.25) is 0 Å². The molecule has 8 heteroatoms. The number of aromatic nitrogens is 3. The molecule has 0 atom stereocenters. The Balaban J connectivity index is 2.00. The second-order valence-corrected chi connectivity index (χ2v) is 6.73. The minimum atomic E-state index is -0.492. The maximum Gasteiger partial charge on any atom is 0.356 e. The van der Waals surface area contributed by atoms with Gasteiger partial charge in [0, 0.05) is 4.47 Å². The second kappa shape index (κ2) is 9.38. The Morgan fingerprint density at radius 1 is 0.759 bits per heavy atom. The van der Waals surface area contributed by atoms with Gasteiger partial charge in [0.1, 0.15) is 11.4 Å². The van der Waals surface area contributed by atoms with Gasteiger partial charge < -0.3 is 9.47 Å². The zero-order chi connectivity index (χ0) is 20.8. The van der Waals surface area contributed by atoms with E-state index in [-0.39, 0.29) is 24.6 Å². The summed E-state index contributed by atoms with van der Waals surface area (Å²) in [6.07, 6.45) is 0. The number of pyridine rings is 3. The molecule has 3 heterocycles. The number of hydrogen-bond donors (Lipinski definition) is 0. The molecule has 0 aliphatic rings. The Kier molecular flexibility index (Phi) is 6.66. The molecule has 7 nitrogen and oxygen atoms in total. The lowest BCUT2D eigenvalue weighted by Crippen LogP contribution is -2.08. The topological polar surface area (TPSA) is 91.3 Å². The van der Waals surface area contributed by atoms with E-state index in [4.69, 9.17) is 9.47 Å². The van der Waals surface area contributed by atoms with Crippen molar-refractivity contribution in [3.05, 3.63) is 64.4 Å². The summed E-state index contributed by atoms with van der Waals surface area (Å²) < 4.78 is 10.8. The van der Waals surface area contributed by atoms with Crippen molar-refractivity contribution in [1.82, 2.24) is 15.0 Å². The lowest BCUT2D eigenvalue weighted by molar-refractivity contribution is 0.0510. The molecular weight excluding hydrogens is 438 g/mol. The third-order valence-electron chi connectivity index (χ3n) is 3.78. The number of rotatable bonds is 6. The van der Waals surface area contributed by atoms with Gasteiger partial charge in [-0.2, -0.15) is 0 Å². The summed E-state index contributed by atoms with van der Waals surface area (Å²) in [5.74, 6) is -0.984. The molecule has 3 rings (SSSR count). The summed E-state index contributed by atoms with van der Waals surface area (Å²) in [5.41, 5.74) is 2.53. The molecule has 0 amide bonds. The molecule has 3 aromatic heterocycles. The molecule has 148 valence electrons. The highest BCUT2D eigenvalue weighted by atomic mass is 79.9. The summed E-state index contributed by atoms with van der Waals surface area (Å²) >= 11 is 3.47. The average Bonchev–Trinajstić information content (AvgIpc) is 2.74. The van der Waals surface area contributed by atoms with Crippen LogP contribution < -0.4 is 0 Å². The smallest absolute Gasteiger partial charge is 0.356 e. The Hall–Kier alpha value is -3.13. The Labute approximate surface area is 176 Å². The fourth-order valence-corrected chi connectivity index (χ4v) is 2.99. The van der Waals surface area contributed by atoms with E-state index in [0.717, 1.165) is 4.47 Å². The van der Waals surface area contributed by atoms with Gasteiger partial charge in [-0.25, -0.2) is 24.5 Å². The molecule has 0 fully saturated rings. The largest absolute Gasteiger partial charge is 0.461 e. The van der Waals surface area contributed by atoms with Crippen LogP contribution >= 0.6 is 15.9 Å². The first kappa shape index (κ1) is 20.6. The van der Waals surface area contributed by atoms with Crippen molar-refractivity contribution in [3.63, 3.8) is 0 Å². The van der Waals surface area contributed by atoms with Gasteiger partial charge in [-0.15, -0.1) is 0 Å². The van der Waals surface area contributed by atoms with Gasteiger partial charge in [0.25, 0.3) is 0 Å². The molecule has 0 N–H and O–H groups in total. The first-order valence-electron chi connectivity index (χ1n) is 8.98. The molecule has 0 aliphatic heterocycles.